The molecule has 2 heterocycles. The van der Waals surface area contributed by atoms with Crippen molar-refractivity contribution < 1.29 is 9.32 Å². The number of carbonyl (C=O) groups excluding carboxylic acids is 1. The van der Waals surface area contributed by atoms with Gasteiger partial charge in [-0.1, -0.05) is 11.6 Å². The molecule has 1 atom stereocenters. The summed E-state index contributed by atoms with van der Waals surface area (Å²) in [6.45, 7) is 3.47. The van der Waals surface area contributed by atoms with Crippen molar-refractivity contribution in [3.63, 3.8) is 0 Å². The summed E-state index contributed by atoms with van der Waals surface area (Å²) in [7, 11) is 1.82. The van der Waals surface area contributed by atoms with Gasteiger partial charge in [0.2, 0.25) is 5.91 Å². The number of carbonyl (C=O) groups is 1. The molecule has 1 aliphatic rings. The fraction of sp³-hybridized carbons (Fsp3) is 0.714. The molecule has 1 aliphatic heterocycles. The number of nitrogens with one attached hydrogen (secondary N) is 1. The van der Waals surface area contributed by atoms with Crippen molar-refractivity contribution >= 4 is 5.91 Å². The quantitative estimate of drug-likeness (QED) is 0.883. The summed E-state index contributed by atoms with van der Waals surface area (Å²) in [5, 5.41) is 7.38. The van der Waals surface area contributed by atoms with Crippen LogP contribution < -0.4 is 5.32 Å². The minimum Gasteiger partial charge on any atom is -0.361 e. The SMILES string of the molecule is Cc1cc(CN(C)C(=O)CCC2CCCCN2)no1. The van der Waals surface area contributed by atoms with Gasteiger partial charge in [-0.3, -0.25) is 4.79 Å². The number of aryl methyl sites for hydroxylation is 1. The van der Waals surface area contributed by atoms with Crippen molar-refractivity contribution in [1.29, 1.82) is 0 Å². The van der Waals surface area contributed by atoms with E-state index in [2.05, 4.69) is 10.5 Å². The van der Waals surface area contributed by atoms with Crippen LogP contribution in [0, 0.1) is 6.92 Å². The summed E-state index contributed by atoms with van der Waals surface area (Å²) in [5.74, 6) is 0.954. The van der Waals surface area contributed by atoms with Crippen molar-refractivity contribution in [1.82, 2.24) is 15.4 Å². The highest BCUT2D eigenvalue weighted by Gasteiger charge is 2.16. The molecule has 1 N–H and O–H groups in total. The third-order valence-electron chi connectivity index (χ3n) is 3.62. The number of hydrogen-bond donors (Lipinski definition) is 1. The van der Waals surface area contributed by atoms with Crippen LogP contribution in [0.2, 0.25) is 0 Å². The Kier molecular flexibility index (Phi) is 4.96. The first kappa shape index (κ1) is 14.1. The molecule has 5 heteroatoms. The molecule has 1 saturated heterocycles. The molecular weight excluding hydrogens is 242 g/mol. The van der Waals surface area contributed by atoms with Crippen molar-refractivity contribution in [3.05, 3.63) is 17.5 Å². The predicted molar refractivity (Wildman–Crippen MR) is 72.6 cm³/mol. The summed E-state index contributed by atoms with van der Waals surface area (Å²) < 4.78 is 5.00. The molecule has 5 nitrogen and oxygen atoms in total. The first-order valence-corrected chi connectivity index (χ1v) is 7.04. The second-order valence-corrected chi connectivity index (χ2v) is 5.36. The topological polar surface area (TPSA) is 58.4 Å². The van der Waals surface area contributed by atoms with E-state index in [1.165, 1.54) is 19.3 Å². The van der Waals surface area contributed by atoms with Crippen LogP contribution in [-0.2, 0) is 11.3 Å². The Bertz CT molecular complexity index is 411. The molecule has 1 aromatic rings. The summed E-state index contributed by atoms with van der Waals surface area (Å²) >= 11 is 0. The van der Waals surface area contributed by atoms with Crippen LogP contribution in [-0.4, -0.2) is 35.6 Å². The van der Waals surface area contributed by atoms with Gasteiger partial charge in [-0.25, -0.2) is 0 Å². The molecule has 106 valence electrons. The van der Waals surface area contributed by atoms with E-state index < -0.39 is 0 Å². The lowest BCUT2D eigenvalue weighted by Gasteiger charge is -2.24. The summed E-state index contributed by atoms with van der Waals surface area (Å²) in [4.78, 5) is 13.8. The van der Waals surface area contributed by atoms with Gasteiger partial charge >= 0.3 is 0 Å². The fourth-order valence-corrected chi connectivity index (χ4v) is 2.48. The molecule has 1 unspecified atom stereocenters. The molecule has 2 rings (SSSR count). The van der Waals surface area contributed by atoms with E-state index in [0.717, 1.165) is 24.4 Å². The third-order valence-corrected chi connectivity index (χ3v) is 3.62. The molecule has 0 spiro atoms. The summed E-state index contributed by atoms with van der Waals surface area (Å²) in [6.07, 6.45) is 5.27. The van der Waals surface area contributed by atoms with Crippen LogP contribution in [0.1, 0.15) is 43.6 Å². The van der Waals surface area contributed by atoms with Gasteiger partial charge in [-0.05, 0) is 32.7 Å². The highest BCUT2D eigenvalue weighted by molar-refractivity contribution is 5.75. The lowest BCUT2D eigenvalue weighted by Crippen LogP contribution is -2.35. The van der Waals surface area contributed by atoms with Crippen molar-refractivity contribution in [2.24, 2.45) is 0 Å². The van der Waals surface area contributed by atoms with Crippen LogP contribution in [0.3, 0.4) is 0 Å². The molecule has 0 radical (unpaired) electrons. The summed E-state index contributed by atoms with van der Waals surface area (Å²) in [5.41, 5.74) is 0.809. The van der Waals surface area contributed by atoms with Gasteiger partial charge in [0.1, 0.15) is 11.5 Å². The molecule has 1 amide bonds. The first-order chi connectivity index (χ1) is 9.15. The van der Waals surface area contributed by atoms with E-state index in [4.69, 9.17) is 4.52 Å². The maximum Gasteiger partial charge on any atom is 0.222 e. The molecule has 0 aliphatic carbocycles. The Morgan fingerprint density at radius 3 is 3.05 bits per heavy atom. The molecular formula is C14H23N3O2. The van der Waals surface area contributed by atoms with Gasteiger partial charge < -0.3 is 14.7 Å². The van der Waals surface area contributed by atoms with Gasteiger partial charge in [-0.2, -0.15) is 0 Å². The van der Waals surface area contributed by atoms with E-state index >= 15 is 0 Å². The molecule has 1 aromatic heterocycles. The molecule has 0 bridgehead atoms. The number of hydrogen-bond acceptors (Lipinski definition) is 4. The monoisotopic (exact) mass is 265 g/mol. The Balaban J connectivity index is 1.72. The highest BCUT2D eigenvalue weighted by Crippen LogP contribution is 2.13. The zero-order valence-corrected chi connectivity index (χ0v) is 11.8. The van der Waals surface area contributed by atoms with E-state index in [9.17, 15) is 4.79 Å². The molecule has 0 aromatic carbocycles. The van der Waals surface area contributed by atoms with Gasteiger partial charge in [0.15, 0.2) is 0 Å². The fourth-order valence-electron chi connectivity index (χ4n) is 2.48. The van der Waals surface area contributed by atoms with E-state index in [-0.39, 0.29) is 5.91 Å². The second-order valence-electron chi connectivity index (χ2n) is 5.36. The zero-order chi connectivity index (χ0) is 13.7. The third kappa shape index (κ3) is 4.35. The Morgan fingerprint density at radius 2 is 2.42 bits per heavy atom. The number of amides is 1. The maximum atomic E-state index is 12.0. The van der Waals surface area contributed by atoms with Crippen molar-refractivity contribution in [2.75, 3.05) is 13.6 Å². The standard InChI is InChI=1S/C14H23N3O2/c1-11-9-13(16-19-11)10-17(2)14(18)7-6-12-5-3-4-8-15-12/h9,12,15H,3-8,10H2,1-2H3. The van der Waals surface area contributed by atoms with Gasteiger partial charge in [-0.15, -0.1) is 0 Å². The molecule has 0 saturated carbocycles. The van der Waals surface area contributed by atoms with Gasteiger partial charge in [0.25, 0.3) is 0 Å². The number of piperidine rings is 1. The number of aromatic nitrogens is 1. The Hall–Kier alpha value is -1.36. The zero-order valence-electron chi connectivity index (χ0n) is 11.8. The lowest BCUT2D eigenvalue weighted by atomic mass is 10.0. The largest absolute Gasteiger partial charge is 0.361 e. The number of rotatable bonds is 5. The van der Waals surface area contributed by atoms with E-state index in [1.54, 1.807) is 4.90 Å². The average Bonchev–Trinajstić information content (AvgIpc) is 2.82. The molecule has 1 fully saturated rings. The van der Waals surface area contributed by atoms with E-state index in [0.29, 0.717) is 19.0 Å². The van der Waals surface area contributed by atoms with Crippen LogP contribution in [0.25, 0.3) is 0 Å². The highest BCUT2D eigenvalue weighted by atomic mass is 16.5. The van der Waals surface area contributed by atoms with Crippen LogP contribution in [0.15, 0.2) is 10.6 Å². The van der Waals surface area contributed by atoms with Gasteiger partial charge in [0.05, 0.1) is 6.54 Å². The number of nitrogens with zero attached hydrogens (tertiary/aromatic N) is 2. The minimum atomic E-state index is 0.174. The molecule has 19 heavy (non-hydrogen) atoms. The first-order valence-electron chi connectivity index (χ1n) is 7.04. The lowest BCUT2D eigenvalue weighted by molar-refractivity contribution is -0.130. The second kappa shape index (κ2) is 6.70. The average molecular weight is 265 g/mol. The maximum absolute atomic E-state index is 12.0. The van der Waals surface area contributed by atoms with Gasteiger partial charge in [0, 0.05) is 25.6 Å². The summed E-state index contributed by atoms with van der Waals surface area (Å²) in [6, 6.07) is 2.38. The minimum absolute atomic E-state index is 0.174. The van der Waals surface area contributed by atoms with Crippen LogP contribution >= 0.6 is 0 Å². The predicted octanol–water partition coefficient (Wildman–Crippen LogP) is 1.86. The van der Waals surface area contributed by atoms with Crippen molar-refractivity contribution in [2.45, 2.75) is 51.6 Å². The van der Waals surface area contributed by atoms with E-state index in [1.807, 2.05) is 20.0 Å². The van der Waals surface area contributed by atoms with Crippen molar-refractivity contribution in [3.8, 4) is 0 Å². The smallest absolute Gasteiger partial charge is 0.222 e. The van der Waals surface area contributed by atoms with Crippen LogP contribution in [0.4, 0.5) is 0 Å². The Labute approximate surface area is 114 Å². The van der Waals surface area contributed by atoms with Crippen LogP contribution in [0.5, 0.6) is 0 Å². The Morgan fingerprint density at radius 1 is 1.58 bits per heavy atom. The normalized spacial score (nSPS) is 19.4.